The minimum absolute atomic E-state index is 0.0821. The van der Waals surface area contributed by atoms with Gasteiger partial charge in [-0.15, -0.1) is 0 Å². The van der Waals surface area contributed by atoms with E-state index in [1.165, 1.54) is 37.4 Å². The number of benzene rings is 3. The predicted octanol–water partition coefficient (Wildman–Crippen LogP) is 5.31. The van der Waals surface area contributed by atoms with E-state index in [0.29, 0.717) is 0 Å². The molecule has 3 rings (SSSR count). The number of alkyl halides is 3. The van der Waals surface area contributed by atoms with Gasteiger partial charge in [0.1, 0.15) is 0 Å². The van der Waals surface area contributed by atoms with Crippen molar-refractivity contribution in [2.45, 2.75) is 11.1 Å². The van der Waals surface area contributed by atoms with E-state index in [0.717, 1.165) is 24.3 Å². The molecular weight excluding hydrogens is 541 g/mol. The summed E-state index contributed by atoms with van der Waals surface area (Å²) in [5.74, 6) is -1.43. The zero-order valence-electron chi connectivity index (χ0n) is 17.3. The Hall–Kier alpha value is -3.38. The van der Waals surface area contributed by atoms with Crippen LogP contribution in [-0.2, 0) is 20.9 Å². The predicted molar refractivity (Wildman–Crippen MR) is 122 cm³/mol. The van der Waals surface area contributed by atoms with Crippen molar-refractivity contribution >= 4 is 49.2 Å². The number of carbonyl (C=O) groups excluding carboxylic acids is 2. The van der Waals surface area contributed by atoms with E-state index >= 15 is 0 Å². The summed E-state index contributed by atoms with van der Waals surface area (Å²) in [4.78, 5) is 24.2. The van der Waals surface area contributed by atoms with Crippen molar-refractivity contribution in [3.63, 3.8) is 0 Å². The fourth-order valence-corrected chi connectivity index (χ4v) is 4.41. The summed E-state index contributed by atoms with van der Waals surface area (Å²) in [5.41, 5.74) is -1.74. The Morgan fingerprint density at radius 2 is 1.65 bits per heavy atom. The number of rotatable bonds is 6. The van der Waals surface area contributed by atoms with Crippen LogP contribution in [0.1, 0.15) is 26.3 Å². The number of amides is 1. The van der Waals surface area contributed by atoms with Gasteiger partial charge in [0.2, 0.25) is 0 Å². The van der Waals surface area contributed by atoms with E-state index in [-0.39, 0.29) is 21.3 Å². The van der Waals surface area contributed by atoms with Crippen LogP contribution in [0.2, 0.25) is 0 Å². The molecule has 0 aliphatic carbocycles. The van der Waals surface area contributed by atoms with Crippen molar-refractivity contribution < 1.29 is 35.9 Å². The maximum atomic E-state index is 13.4. The second kappa shape index (κ2) is 9.85. The largest absolute Gasteiger partial charge is 0.465 e. The number of carbonyl (C=O) groups is 2. The number of halogens is 4. The third-order valence-electron chi connectivity index (χ3n) is 4.52. The number of hydrogen-bond donors (Lipinski definition) is 2. The lowest BCUT2D eigenvalue weighted by molar-refractivity contribution is -0.136. The number of sulfonamides is 1. The molecule has 12 heteroatoms. The van der Waals surface area contributed by atoms with E-state index in [1.807, 2.05) is 4.72 Å². The summed E-state index contributed by atoms with van der Waals surface area (Å²) in [6.07, 6.45) is -4.81. The molecule has 0 aromatic heterocycles. The van der Waals surface area contributed by atoms with Gasteiger partial charge in [0.25, 0.3) is 15.9 Å². The van der Waals surface area contributed by atoms with Gasteiger partial charge in [-0.05, 0) is 48.5 Å². The molecule has 0 spiro atoms. The van der Waals surface area contributed by atoms with Gasteiger partial charge in [-0.25, -0.2) is 13.2 Å². The summed E-state index contributed by atoms with van der Waals surface area (Å²) in [6.45, 7) is 0. The minimum atomic E-state index is -4.81. The lowest BCUT2D eigenvalue weighted by Crippen LogP contribution is -2.19. The Kier molecular flexibility index (Phi) is 7.32. The molecule has 0 aliphatic rings. The van der Waals surface area contributed by atoms with Gasteiger partial charge in [0.05, 0.1) is 34.5 Å². The van der Waals surface area contributed by atoms with Crippen molar-refractivity contribution in [2.75, 3.05) is 17.1 Å². The van der Waals surface area contributed by atoms with Gasteiger partial charge < -0.3 is 10.1 Å². The number of esters is 1. The highest BCUT2D eigenvalue weighted by molar-refractivity contribution is 9.10. The first kappa shape index (κ1) is 25.2. The topological polar surface area (TPSA) is 102 Å². The normalized spacial score (nSPS) is 11.6. The first-order chi connectivity index (χ1) is 15.9. The van der Waals surface area contributed by atoms with Crippen LogP contribution in [-0.4, -0.2) is 27.4 Å². The summed E-state index contributed by atoms with van der Waals surface area (Å²) in [5, 5.41) is 2.50. The number of nitrogens with one attached hydrogen (secondary N) is 2. The monoisotopic (exact) mass is 556 g/mol. The molecular formula is C22H16BrF3N2O5S. The van der Waals surface area contributed by atoms with Gasteiger partial charge in [-0.2, -0.15) is 13.2 Å². The quantitative estimate of drug-likeness (QED) is 0.401. The summed E-state index contributed by atoms with van der Waals surface area (Å²) in [7, 11) is -3.30. The third kappa shape index (κ3) is 5.75. The lowest BCUT2D eigenvalue weighted by Gasteiger charge is -2.15. The number of anilines is 2. The number of para-hydroxylation sites is 1. The van der Waals surface area contributed by atoms with Crippen molar-refractivity contribution in [1.82, 2.24) is 0 Å². The molecule has 0 fully saturated rings. The second-order valence-electron chi connectivity index (χ2n) is 6.81. The Labute approximate surface area is 201 Å². The van der Waals surface area contributed by atoms with E-state index in [4.69, 9.17) is 0 Å². The number of hydrogen-bond acceptors (Lipinski definition) is 5. The molecule has 2 N–H and O–H groups in total. The molecule has 3 aromatic rings. The molecule has 34 heavy (non-hydrogen) atoms. The average molecular weight is 557 g/mol. The van der Waals surface area contributed by atoms with E-state index in [9.17, 15) is 31.2 Å². The Morgan fingerprint density at radius 3 is 2.32 bits per heavy atom. The highest BCUT2D eigenvalue weighted by atomic mass is 79.9. The third-order valence-corrected chi connectivity index (χ3v) is 6.37. The van der Waals surface area contributed by atoms with Crippen LogP contribution in [0.15, 0.2) is 76.1 Å². The molecule has 0 heterocycles. The Bertz CT molecular complexity index is 1360. The molecule has 0 radical (unpaired) electrons. The Morgan fingerprint density at radius 1 is 0.941 bits per heavy atom. The van der Waals surface area contributed by atoms with E-state index in [1.54, 1.807) is 12.1 Å². The van der Waals surface area contributed by atoms with Crippen molar-refractivity contribution in [2.24, 2.45) is 0 Å². The lowest BCUT2D eigenvalue weighted by atomic mass is 10.1. The van der Waals surface area contributed by atoms with Crippen LogP contribution in [0, 0.1) is 0 Å². The molecule has 3 aromatic carbocycles. The summed E-state index contributed by atoms with van der Waals surface area (Å²) < 4.78 is 72.4. The SMILES string of the molecule is COC(=O)c1ccccc1NC(=O)c1cccc(S(=O)(=O)Nc2ccc(Br)cc2C(F)(F)F)c1. The van der Waals surface area contributed by atoms with E-state index in [2.05, 4.69) is 26.0 Å². The van der Waals surface area contributed by atoms with Crippen molar-refractivity contribution in [3.8, 4) is 0 Å². The number of ether oxygens (including phenoxy) is 1. The van der Waals surface area contributed by atoms with Crippen LogP contribution in [0.4, 0.5) is 24.5 Å². The zero-order chi connectivity index (χ0) is 25.1. The number of methoxy groups -OCH3 is 1. The summed E-state index contributed by atoms with van der Waals surface area (Å²) in [6, 6.07) is 13.7. The van der Waals surface area contributed by atoms with Crippen LogP contribution >= 0.6 is 15.9 Å². The smallest absolute Gasteiger partial charge is 0.418 e. The highest BCUT2D eigenvalue weighted by Gasteiger charge is 2.35. The van der Waals surface area contributed by atoms with Crippen LogP contribution in [0.3, 0.4) is 0 Å². The highest BCUT2D eigenvalue weighted by Crippen LogP contribution is 2.37. The molecule has 0 atom stereocenters. The first-order valence-electron chi connectivity index (χ1n) is 9.40. The molecule has 0 saturated heterocycles. The van der Waals surface area contributed by atoms with Gasteiger partial charge in [-0.3, -0.25) is 9.52 Å². The van der Waals surface area contributed by atoms with Crippen LogP contribution < -0.4 is 10.0 Å². The fourth-order valence-electron chi connectivity index (χ4n) is 2.92. The van der Waals surface area contributed by atoms with E-state index < -0.39 is 44.2 Å². The van der Waals surface area contributed by atoms with Crippen LogP contribution in [0.25, 0.3) is 0 Å². The van der Waals surface area contributed by atoms with Gasteiger partial charge in [0.15, 0.2) is 0 Å². The molecule has 1 amide bonds. The van der Waals surface area contributed by atoms with Gasteiger partial charge in [0, 0.05) is 10.0 Å². The van der Waals surface area contributed by atoms with Gasteiger partial charge >= 0.3 is 12.1 Å². The van der Waals surface area contributed by atoms with Crippen molar-refractivity contribution in [1.29, 1.82) is 0 Å². The molecule has 0 saturated carbocycles. The second-order valence-corrected chi connectivity index (χ2v) is 9.41. The molecule has 0 unspecified atom stereocenters. The first-order valence-corrected chi connectivity index (χ1v) is 11.7. The van der Waals surface area contributed by atoms with Gasteiger partial charge in [-0.1, -0.05) is 34.1 Å². The molecule has 0 aliphatic heterocycles. The molecule has 178 valence electrons. The maximum absolute atomic E-state index is 13.4. The maximum Gasteiger partial charge on any atom is 0.418 e. The zero-order valence-corrected chi connectivity index (χ0v) is 19.7. The van der Waals surface area contributed by atoms with Crippen molar-refractivity contribution in [3.05, 3.63) is 87.9 Å². The Balaban J connectivity index is 1.90. The minimum Gasteiger partial charge on any atom is -0.465 e. The van der Waals surface area contributed by atoms with Crippen LogP contribution in [0.5, 0.6) is 0 Å². The summed E-state index contributed by atoms with van der Waals surface area (Å²) >= 11 is 2.93. The average Bonchev–Trinajstić information content (AvgIpc) is 2.79. The standard InChI is InChI=1S/C22H16BrF3N2O5S/c1-33-21(30)16-7-2-3-8-18(16)27-20(29)13-5-4-6-15(11-13)34(31,32)28-19-10-9-14(23)12-17(19)22(24,25)26/h2-12,28H,1H3,(H,27,29). The molecule has 0 bridgehead atoms. The fraction of sp³-hybridized carbons (Fsp3) is 0.0909. The molecule has 7 nitrogen and oxygen atoms in total.